The molecule has 0 radical (unpaired) electrons. The fourth-order valence-electron chi connectivity index (χ4n) is 3.39. The maximum Gasteiger partial charge on any atom is 0.194 e. The second-order valence-corrected chi connectivity index (χ2v) is 8.41. The lowest BCUT2D eigenvalue weighted by molar-refractivity contribution is -0.0668. The maximum atomic E-state index is 4.97. The summed E-state index contributed by atoms with van der Waals surface area (Å²) in [6, 6.07) is 0.509. The van der Waals surface area contributed by atoms with Crippen LogP contribution in [0.3, 0.4) is 0 Å². The van der Waals surface area contributed by atoms with Crippen LogP contribution in [0, 0.1) is 5.41 Å². The first-order valence-electron chi connectivity index (χ1n) is 9.17. The van der Waals surface area contributed by atoms with Crippen LogP contribution in [0.5, 0.6) is 0 Å². The molecular formula is C18H38IN5. The molecule has 0 spiro atoms. The molecular weight excluding hydrogens is 413 g/mol. The van der Waals surface area contributed by atoms with Crippen molar-refractivity contribution in [2.75, 3.05) is 52.9 Å². The van der Waals surface area contributed by atoms with Gasteiger partial charge in [0.2, 0.25) is 0 Å². The van der Waals surface area contributed by atoms with Crippen LogP contribution in [0.1, 0.15) is 41.5 Å². The van der Waals surface area contributed by atoms with E-state index in [1.54, 1.807) is 0 Å². The number of hydrogen-bond acceptors (Lipinski definition) is 3. The number of guanidine groups is 1. The zero-order valence-corrected chi connectivity index (χ0v) is 19.1. The van der Waals surface area contributed by atoms with Gasteiger partial charge in [-0.3, -0.25) is 9.89 Å². The number of piperazine rings is 1. The van der Waals surface area contributed by atoms with Gasteiger partial charge in [0.15, 0.2) is 5.96 Å². The van der Waals surface area contributed by atoms with Crippen LogP contribution in [0.15, 0.2) is 4.99 Å². The van der Waals surface area contributed by atoms with Crippen LogP contribution in [0.4, 0.5) is 0 Å². The lowest BCUT2D eigenvalue weighted by Gasteiger charge is -2.62. The smallest absolute Gasteiger partial charge is 0.194 e. The van der Waals surface area contributed by atoms with Gasteiger partial charge in [0.1, 0.15) is 0 Å². The average molecular weight is 451 g/mol. The Morgan fingerprint density at radius 3 is 2.17 bits per heavy atom. The molecule has 2 fully saturated rings. The lowest BCUT2D eigenvalue weighted by Crippen LogP contribution is -2.72. The third-order valence-electron chi connectivity index (χ3n) is 6.14. The van der Waals surface area contributed by atoms with E-state index in [0.29, 0.717) is 11.5 Å². The van der Waals surface area contributed by atoms with Crippen molar-refractivity contribution in [1.29, 1.82) is 0 Å². The minimum Gasteiger partial charge on any atom is -0.356 e. The summed E-state index contributed by atoms with van der Waals surface area (Å²) >= 11 is 0. The molecule has 2 aliphatic heterocycles. The predicted molar refractivity (Wildman–Crippen MR) is 114 cm³/mol. The van der Waals surface area contributed by atoms with Crippen molar-refractivity contribution in [3.8, 4) is 0 Å². The first-order valence-corrected chi connectivity index (χ1v) is 9.17. The number of nitrogens with one attached hydrogen (secondary N) is 1. The topological polar surface area (TPSA) is 34.1 Å². The fourth-order valence-corrected chi connectivity index (χ4v) is 3.39. The Balaban J connectivity index is 0.00000288. The second-order valence-electron chi connectivity index (χ2n) is 8.41. The van der Waals surface area contributed by atoms with Gasteiger partial charge in [0.25, 0.3) is 0 Å². The van der Waals surface area contributed by atoms with E-state index in [1.165, 1.54) is 13.1 Å². The monoisotopic (exact) mass is 451 g/mol. The van der Waals surface area contributed by atoms with Crippen molar-refractivity contribution >= 4 is 29.9 Å². The zero-order valence-electron chi connectivity index (χ0n) is 16.7. The van der Waals surface area contributed by atoms with Gasteiger partial charge in [-0.25, -0.2) is 0 Å². The van der Waals surface area contributed by atoms with Gasteiger partial charge in [-0.1, -0.05) is 13.8 Å². The van der Waals surface area contributed by atoms with Crippen LogP contribution >= 0.6 is 24.0 Å². The normalized spacial score (nSPS) is 25.6. The van der Waals surface area contributed by atoms with Crippen molar-refractivity contribution in [2.24, 2.45) is 10.4 Å². The Bertz CT molecular complexity index is 427. The molecule has 0 aromatic carbocycles. The van der Waals surface area contributed by atoms with E-state index in [9.17, 15) is 0 Å². The van der Waals surface area contributed by atoms with Crippen LogP contribution in [0.25, 0.3) is 0 Å². The van der Waals surface area contributed by atoms with E-state index in [4.69, 9.17) is 4.99 Å². The first kappa shape index (κ1) is 22.0. The Hall–Kier alpha value is -0.0800. The van der Waals surface area contributed by atoms with E-state index < -0.39 is 0 Å². The van der Waals surface area contributed by atoms with Gasteiger partial charge in [-0.15, -0.1) is 24.0 Å². The minimum absolute atomic E-state index is 0. The van der Waals surface area contributed by atoms with E-state index in [1.807, 2.05) is 0 Å². The Morgan fingerprint density at radius 2 is 1.71 bits per heavy atom. The lowest BCUT2D eigenvalue weighted by atomic mass is 9.65. The van der Waals surface area contributed by atoms with Crippen LogP contribution in [0.2, 0.25) is 0 Å². The van der Waals surface area contributed by atoms with E-state index in [2.05, 4.69) is 68.6 Å². The molecule has 0 amide bonds. The molecule has 0 aromatic rings. The highest BCUT2D eigenvalue weighted by atomic mass is 127. The first-order chi connectivity index (χ1) is 10.7. The number of likely N-dealkylation sites (tertiary alicyclic amines) is 1. The predicted octanol–water partition coefficient (Wildman–Crippen LogP) is 2.33. The van der Waals surface area contributed by atoms with Crippen molar-refractivity contribution < 1.29 is 0 Å². The molecule has 0 bridgehead atoms. The third kappa shape index (κ3) is 4.55. The average Bonchev–Trinajstić information content (AvgIpc) is 2.49. The molecule has 6 heteroatoms. The summed E-state index contributed by atoms with van der Waals surface area (Å²) in [7, 11) is 2.21. The highest BCUT2D eigenvalue weighted by molar-refractivity contribution is 14.0. The van der Waals surface area contributed by atoms with Crippen molar-refractivity contribution in [3.05, 3.63) is 0 Å². The third-order valence-corrected chi connectivity index (χ3v) is 6.14. The molecule has 0 aromatic heterocycles. The summed E-state index contributed by atoms with van der Waals surface area (Å²) in [4.78, 5) is 12.4. The van der Waals surface area contributed by atoms with E-state index in [-0.39, 0.29) is 29.5 Å². The molecule has 5 nitrogen and oxygen atoms in total. The van der Waals surface area contributed by atoms with Gasteiger partial charge in [0, 0.05) is 56.3 Å². The molecule has 2 heterocycles. The fraction of sp³-hybridized carbons (Fsp3) is 0.944. The molecule has 0 aliphatic carbocycles. The Labute approximate surface area is 166 Å². The maximum absolute atomic E-state index is 4.97. The van der Waals surface area contributed by atoms with Gasteiger partial charge in [-0.2, -0.15) is 0 Å². The molecule has 2 aliphatic rings. The molecule has 1 N–H and O–H groups in total. The molecule has 2 saturated heterocycles. The number of nitrogens with zero attached hydrogens (tertiary/aromatic N) is 4. The summed E-state index contributed by atoms with van der Waals surface area (Å²) < 4.78 is 0. The summed E-state index contributed by atoms with van der Waals surface area (Å²) in [6.07, 6.45) is 0. The molecule has 1 atom stereocenters. The number of halogens is 1. The van der Waals surface area contributed by atoms with E-state index in [0.717, 1.165) is 38.7 Å². The number of hydrogen-bond donors (Lipinski definition) is 1. The molecule has 1 unspecified atom stereocenters. The number of rotatable bonds is 4. The number of likely N-dealkylation sites (N-methyl/N-ethyl adjacent to an activating group) is 1. The Kier molecular flexibility index (Phi) is 7.81. The van der Waals surface area contributed by atoms with Crippen LogP contribution in [-0.2, 0) is 0 Å². The van der Waals surface area contributed by atoms with Crippen molar-refractivity contribution in [1.82, 2.24) is 20.0 Å². The summed E-state index contributed by atoms with van der Waals surface area (Å²) in [6.45, 7) is 21.3. The quantitative estimate of drug-likeness (QED) is 0.404. The molecule has 2 rings (SSSR count). The summed E-state index contributed by atoms with van der Waals surface area (Å²) in [5.74, 6) is 1.08. The van der Waals surface area contributed by atoms with Crippen LogP contribution < -0.4 is 5.32 Å². The highest BCUT2D eigenvalue weighted by Crippen LogP contribution is 2.46. The highest BCUT2D eigenvalue weighted by Gasteiger charge is 2.53. The van der Waals surface area contributed by atoms with Crippen LogP contribution in [-0.4, -0.2) is 85.1 Å². The van der Waals surface area contributed by atoms with Crippen molar-refractivity contribution in [2.45, 2.75) is 53.1 Å². The zero-order chi connectivity index (χ0) is 17.3. The van der Waals surface area contributed by atoms with Gasteiger partial charge in [0.05, 0.1) is 6.54 Å². The largest absolute Gasteiger partial charge is 0.356 e. The van der Waals surface area contributed by atoms with Gasteiger partial charge < -0.3 is 15.1 Å². The number of aliphatic imine (C=N–C) groups is 1. The standard InChI is InChI=1S/C18H37N5.HI/c1-8-19-16(23-14-17(3,4)18(23,5)6)20-13-15(2)22-11-9-21(7)10-12-22;/h15H,8-14H2,1-7H3,(H,19,20);1H. The minimum atomic E-state index is 0. The summed E-state index contributed by atoms with van der Waals surface area (Å²) in [5.41, 5.74) is 0.497. The van der Waals surface area contributed by atoms with E-state index >= 15 is 0 Å². The molecule has 0 saturated carbocycles. The summed E-state index contributed by atoms with van der Waals surface area (Å²) in [5, 5.41) is 3.49. The Morgan fingerprint density at radius 1 is 1.12 bits per heavy atom. The second kappa shape index (κ2) is 8.54. The molecule has 142 valence electrons. The van der Waals surface area contributed by atoms with Gasteiger partial charge >= 0.3 is 0 Å². The van der Waals surface area contributed by atoms with Crippen molar-refractivity contribution in [3.63, 3.8) is 0 Å². The van der Waals surface area contributed by atoms with Gasteiger partial charge in [-0.05, 0) is 34.7 Å². The SMILES string of the molecule is CCNC(=NCC(C)N1CCN(C)CC1)N1CC(C)(C)C1(C)C.I. The molecule has 24 heavy (non-hydrogen) atoms.